The first-order valence-corrected chi connectivity index (χ1v) is 13.5. The molecule has 1 aromatic rings. The number of benzene rings is 1. The first-order valence-electron chi connectivity index (χ1n) is 13.5. The van der Waals surface area contributed by atoms with Crippen LogP contribution in [0.4, 0.5) is 0 Å². The van der Waals surface area contributed by atoms with Crippen molar-refractivity contribution in [2.75, 3.05) is 0 Å². The molecule has 4 aliphatic carbocycles. The zero-order chi connectivity index (χ0) is 26.1. The number of hydrogen-bond donors (Lipinski definition) is 1. The zero-order valence-electron chi connectivity index (χ0n) is 22.0. The first-order chi connectivity index (χ1) is 17.1. The van der Waals surface area contributed by atoms with Crippen LogP contribution in [0.5, 0.6) is 11.5 Å². The minimum absolute atomic E-state index is 0.0411. The lowest BCUT2D eigenvalue weighted by Gasteiger charge is -2.57. The number of phenolic OH excluding ortho intramolecular Hbond substituents is 1. The lowest BCUT2D eigenvalue weighted by molar-refractivity contribution is -0.159. The summed E-state index contributed by atoms with van der Waals surface area (Å²) in [6.45, 7) is 8.02. The Hall–Kier alpha value is -2.63. The summed E-state index contributed by atoms with van der Waals surface area (Å²) in [5.41, 5.74) is 1.82. The van der Waals surface area contributed by atoms with E-state index >= 15 is 0 Å². The predicted molar refractivity (Wildman–Crippen MR) is 136 cm³/mol. The number of carbonyl (C=O) groups excluding carboxylic acids is 3. The molecule has 196 valence electrons. The number of fused-ring (bicyclic) bond motifs is 5. The van der Waals surface area contributed by atoms with E-state index in [0.29, 0.717) is 29.8 Å². The SMILES string of the molecule is CC(=O)Oc1ccc(O)cc1.CCC(=O)OC1CCC2C3CCC4=CC(=O)CCC4(C)C3CCC12C. The summed E-state index contributed by atoms with van der Waals surface area (Å²) in [5, 5.41) is 8.85. The van der Waals surface area contributed by atoms with Gasteiger partial charge >= 0.3 is 11.9 Å². The van der Waals surface area contributed by atoms with Crippen molar-refractivity contribution < 1.29 is 29.0 Å². The number of ketones is 1. The van der Waals surface area contributed by atoms with E-state index in [1.54, 1.807) is 0 Å². The van der Waals surface area contributed by atoms with Crippen molar-refractivity contribution in [2.45, 2.75) is 91.6 Å². The molecule has 0 spiro atoms. The minimum atomic E-state index is -0.365. The maximum Gasteiger partial charge on any atom is 0.308 e. The van der Waals surface area contributed by atoms with E-state index in [-0.39, 0.29) is 34.6 Å². The number of phenols is 1. The Morgan fingerprint density at radius 3 is 2.39 bits per heavy atom. The highest BCUT2D eigenvalue weighted by molar-refractivity contribution is 5.91. The molecule has 0 bridgehead atoms. The molecule has 4 aliphatic rings. The quantitative estimate of drug-likeness (QED) is 0.398. The molecule has 0 aromatic heterocycles. The summed E-state index contributed by atoms with van der Waals surface area (Å²) in [4.78, 5) is 34.2. The number of allylic oxidation sites excluding steroid dienone is 1. The second-order valence-corrected chi connectivity index (χ2v) is 11.5. The number of esters is 2. The minimum Gasteiger partial charge on any atom is -0.508 e. The first kappa shape index (κ1) is 26.4. The Balaban J connectivity index is 0.000000233. The van der Waals surface area contributed by atoms with Gasteiger partial charge in [-0.2, -0.15) is 0 Å². The Morgan fingerprint density at radius 1 is 1.00 bits per heavy atom. The van der Waals surface area contributed by atoms with Gasteiger partial charge in [0.2, 0.25) is 0 Å². The Labute approximate surface area is 214 Å². The third-order valence-electron chi connectivity index (χ3n) is 9.54. The maximum absolute atomic E-state index is 11.9. The molecular weight excluding hydrogens is 456 g/mol. The van der Waals surface area contributed by atoms with Gasteiger partial charge < -0.3 is 14.6 Å². The third kappa shape index (κ3) is 5.09. The fourth-order valence-corrected chi connectivity index (χ4v) is 7.63. The van der Waals surface area contributed by atoms with Crippen LogP contribution in [0, 0.1) is 28.6 Å². The van der Waals surface area contributed by atoms with Crippen LogP contribution in [0.1, 0.15) is 85.5 Å². The van der Waals surface area contributed by atoms with Crippen LogP contribution in [0.15, 0.2) is 35.9 Å². The van der Waals surface area contributed by atoms with Crippen molar-refractivity contribution in [3.05, 3.63) is 35.9 Å². The second-order valence-electron chi connectivity index (χ2n) is 11.5. The Morgan fingerprint density at radius 2 is 1.72 bits per heavy atom. The lowest BCUT2D eigenvalue weighted by atomic mass is 9.47. The summed E-state index contributed by atoms with van der Waals surface area (Å²) < 4.78 is 10.6. The topological polar surface area (TPSA) is 89.9 Å². The standard InChI is InChI=1S/C22H32O3.C8H8O3/c1-4-20(24)25-19-8-7-17-16-6-5-14-13-15(23)9-11-21(14,2)18(16)10-12-22(17,19)3;1-6(9)11-8-4-2-7(10)3-5-8/h13,16-19H,4-12H2,1-3H3;2-5,10H,1H3. The number of hydrogen-bond acceptors (Lipinski definition) is 6. The molecule has 0 saturated heterocycles. The van der Waals surface area contributed by atoms with Crippen LogP contribution in [-0.4, -0.2) is 28.9 Å². The lowest BCUT2D eigenvalue weighted by Crippen LogP contribution is -2.51. The van der Waals surface area contributed by atoms with Crippen LogP contribution < -0.4 is 4.74 Å². The molecule has 3 saturated carbocycles. The zero-order valence-corrected chi connectivity index (χ0v) is 22.0. The van der Waals surface area contributed by atoms with Gasteiger partial charge in [0.1, 0.15) is 17.6 Å². The molecule has 36 heavy (non-hydrogen) atoms. The van der Waals surface area contributed by atoms with Crippen molar-refractivity contribution in [3.63, 3.8) is 0 Å². The molecule has 0 radical (unpaired) electrons. The van der Waals surface area contributed by atoms with Crippen molar-refractivity contribution in [1.29, 1.82) is 0 Å². The van der Waals surface area contributed by atoms with Gasteiger partial charge in [0.05, 0.1) is 0 Å². The molecule has 6 atom stereocenters. The number of rotatable bonds is 3. The fourth-order valence-electron chi connectivity index (χ4n) is 7.63. The molecule has 1 aromatic carbocycles. The predicted octanol–water partition coefficient (Wildman–Crippen LogP) is 6.16. The highest BCUT2D eigenvalue weighted by Crippen LogP contribution is 2.65. The number of aromatic hydroxyl groups is 1. The van der Waals surface area contributed by atoms with Gasteiger partial charge in [-0.3, -0.25) is 14.4 Å². The van der Waals surface area contributed by atoms with E-state index in [2.05, 4.69) is 13.8 Å². The van der Waals surface area contributed by atoms with Crippen molar-refractivity contribution in [2.24, 2.45) is 28.6 Å². The van der Waals surface area contributed by atoms with E-state index in [0.717, 1.165) is 38.0 Å². The molecule has 3 fully saturated rings. The molecule has 5 rings (SSSR count). The normalized spacial score (nSPS) is 34.7. The largest absolute Gasteiger partial charge is 0.508 e. The van der Waals surface area contributed by atoms with Crippen molar-refractivity contribution in [3.8, 4) is 11.5 Å². The Bertz CT molecular complexity index is 1030. The molecule has 6 unspecified atom stereocenters. The number of carbonyl (C=O) groups is 3. The monoisotopic (exact) mass is 496 g/mol. The maximum atomic E-state index is 11.9. The second kappa shape index (κ2) is 10.4. The molecular formula is C30H40O6. The summed E-state index contributed by atoms with van der Waals surface area (Å²) >= 11 is 0. The van der Waals surface area contributed by atoms with Crippen LogP contribution in [0.25, 0.3) is 0 Å². The van der Waals surface area contributed by atoms with E-state index in [1.165, 1.54) is 56.0 Å². The van der Waals surface area contributed by atoms with E-state index < -0.39 is 0 Å². The van der Waals surface area contributed by atoms with Crippen LogP contribution in [0.2, 0.25) is 0 Å². The van der Waals surface area contributed by atoms with Gasteiger partial charge in [0, 0.05) is 25.2 Å². The van der Waals surface area contributed by atoms with Gasteiger partial charge in [-0.25, -0.2) is 0 Å². The molecule has 1 N–H and O–H groups in total. The van der Waals surface area contributed by atoms with Crippen molar-refractivity contribution >= 4 is 17.7 Å². The average Bonchev–Trinajstić information content (AvgIpc) is 3.17. The molecule has 6 heteroatoms. The van der Waals surface area contributed by atoms with Crippen LogP contribution in [0.3, 0.4) is 0 Å². The third-order valence-corrected chi connectivity index (χ3v) is 9.54. The Kier molecular flexibility index (Phi) is 7.63. The molecule has 0 aliphatic heterocycles. The van der Waals surface area contributed by atoms with Gasteiger partial charge in [-0.1, -0.05) is 26.3 Å². The summed E-state index contributed by atoms with van der Waals surface area (Å²) in [6, 6.07) is 5.96. The van der Waals surface area contributed by atoms with E-state index in [1.807, 2.05) is 13.0 Å². The number of ether oxygens (including phenoxy) is 2. The highest BCUT2D eigenvalue weighted by atomic mass is 16.5. The van der Waals surface area contributed by atoms with Gasteiger partial charge in [0.15, 0.2) is 5.78 Å². The molecule has 6 nitrogen and oxygen atoms in total. The van der Waals surface area contributed by atoms with Crippen LogP contribution in [-0.2, 0) is 19.1 Å². The smallest absolute Gasteiger partial charge is 0.308 e. The summed E-state index contributed by atoms with van der Waals surface area (Å²) in [7, 11) is 0. The van der Waals surface area contributed by atoms with E-state index in [9.17, 15) is 14.4 Å². The fraction of sp³-hybridized carbons (Fsp3) is 0.633. The van der Waals surface area contributed by atoms with Crippen LogP contribution >= 0.6 is 0 Å². The van der Waals surface area contributed by atoms with Gasteiger partial charge in [-0.05, 0) is 98.5 Å². The highest BCUT2D eigenvalue weighted by Gasteiger charge is 2.59. The van der Waals surface area contributed by atoms with Gasteiger partial charge in [-0.15, -0.1) is 0 Å². The molecule has 0 amide bonds. The summed E-state index contributed by atoms with van der Waals surface area (Å²) in [6.07, 6.45) is 11.3. The van der Waals surface area contributed by atoms with E-state index in [4.69, 9.17) is 14.6 Å². The van der Waals surface area contributed by atoms with Crippen molar-refractivity contribution in [1.82, 2.24) is 0 Å². The van der Waals surface area contributed by atoms with Gasteiger partial charge in [0.25, 0.3) is 0 Å². The average molecular weight is 497 g/mol. The summed E-state index contributed by atoms with van der Waals surface area (Å²) in [5.74, 6) is 2.64. The molecule has 0 heterocycles.